The van der Waals surface area contributed by atoms with Gasteiger partial charge in [0.1, 0.15) is 5.82 Å². The predicted molar refractivity (Wildman–Crippen MR) is 101 cm³/mol. The van der Waals surface area contributed by atoms with Crippen LogP contribution in [0.15, 0.2) is 41.1 Å². The number of halogens is 1. The van der Waals surface area contributed by atoms with Crippen LogP contribution < -0.4 is 5.32 Å². The van der Waals surface area contributed by atoms with Crippen LogP contribution in [0.3, 0.4) is 0 Å². The minimum Gasteiger partial charge on any atom is -0.310 e. The second kappa shape index (κ2) is 6.27. The first-order valence-electron chi connectivity index (χ1n) is 7.43. The third kappa shape index (κ3) is 2.64. The van der Waals surface area contributed by atoms with Gasteiger partial charge in [-0.2, -0.15) is 16.4 Å². The molecule has 1 aromatic carbocycles. The number of nitrogens with one attached hydrogen (secondary N) is 1. The number of benzene rings is 1. The molecule has 3 aromatic rings. The van der Waals surface area contributed by atoms with E-state index < -0.39 is 0 Å². The molecule has 0 aliphatic carbocycles. The predicted octanol–water partition coefficient (Wildman–Crippen LogP) is 4.67. The molecule has 0 radical (unpaired) electrons. The molecule has 1 aliphatic rings. The summed E-state index contributed by atoms with van der Waals surface area (Å²) in [5, 5.41) is 12.6. The van der Waals surface area contributed by atoms with Crippen molar-refractivity contribution < 1.29 is 4.79 Å². The van der Waals surface area contributed by atoms with Gasteiger partial charge < -0.3 is 5.32 Å². The summed E-state index contributed by atoms with van der Waals surface area (Å²) in [4.78, 5) is 12.2. The van der Waals surface area contributed by atoms with Gasteiger partial charge in [0, 0.05) is 5.56 Å². The Kier molecular flexibility index (Phi) is 4.12. The lowest BCUT2D eigenvalue weighted by Crippen LogP contribution is -2.16. The molecule has 0 saturated carbocycles. The summed E-state index contributed by atoms with van der Waals surface area (Å²) >= 11 is 9.63. The van der Waals surface area contributed by atoms with Crippen LogP contribution in [0.4, 0.5) is 5.82 Å². The largest absolute Gasteiger partial charge is 0.310 e. The molecule has 0 bridgehead atoms. The highest BCUT2D eigenvalue weighted by Crippen LogP contribution is 2.44. The molecule has 7 heteroatoms. The molecule has 0 fully saturated rings. The molecule has 0 spiro atoms. The van der Waals surface area contributed by atoms with Crippen molar-refractivity contribution in [2.75, 3.05) is 11.1 Å². The number of thiophene rings is 1. The van der Waals surface area contributed by atoms with Crippen LogP contribution in [0.1, 0.15) is 22.1 Å². The molecule has 4 rings (SSSR count). The molecule has 4 nitrogen and oxygen atoms in total. The summed E-state index contributed by atoms with van der Waals surface area (Å²) in [6.07, 6.45) is 0. The number of carbonyl (C=O) groups is 1. The molecule has 3 heterocycles. The Hall–Kier alpha value is -1.76. The van der Waals surface area contributed by atoms with E-state index in [0.717, 1.165) is 16.9 Å². The molecular weight excluding hydrogens is 362 g/mol. The Bertz CT molecular complexity index is 905. The second-order valence-corrected chi connectivity index (χ2v) is 7.79. The van der Waals surface area contributed by atoms with Crippen molar-refractivity contribution in [3.8, 4) is 5.69 Å². The van der Waals surface area contributed by atoms with Gasteiger partial charge in [0.2, 0.25) is 5.91 Å². The lowest BCUT2D eigenvalue weighted by molar-refractivity contribution is -0.113. The minimum absolute atomic E-state index is 0.0211. The van der Waals surface area contributed by atoms with E-state index in [-0.39, 0.29) is 11.2 Å². The lowest BCUT2D eigenvalue weighted by atomic mass is 10.1. The molecule has 2 aromatic heterocycles. The van der Waals surface area contributed by atoms with E-state index in [2.05, 4.69) is 27.2 Å². The number of anilines is 1. The summed E-state index contributed by atoms with van der Waals surface area (Å²) in [5.41, 5.74) is 3.91. The van der Waals surface area contributed by atoms with E-state index in [1.807, 2.05) is 31.2 Å². The Morgan fingerprint density at radius 3 is 2.92 bits per heavy atom. The average molecular weight is 376 g/mol. The van der Waals surface area contributed by atoms with Crippen molar-refractivity contribution in [3.63, 3.8) is 0 Å². The molecule has 24 heavy (non-hydrogen) atoms. The number of carbonyl (C=O) groups excluding carboxylic acids is 1. The van der Waals surface area contributed by atoms with E-state index in [0.29, 0.717) is 16.6 Å². The van der Waals surface area contributed by atoms with Gasteiger partial charge in [-0.05, 0) is 41.4 Å². The van der Waals surface area contributed by atoms with Gasteiger partial charge in [-0.15, -0.1) is 11.8 Å². The summed E-state index contributed by atoms with van der Waals surface area (Å²) in [6, 6.07) is 9.62. The van der Waals surface area contributed by atoms with E-state index >= 15 is 0 Å². The Morgan fingerprint density at radius 1 is 1.33 bits per heavy atom. The van der Waals surface area contributed by atoms with Crippen LogP contribution in [0, 0.1) is 6.92 Å². The zero-order valence-electron chi connectivity index (χ0n) is 12.8. The standard InChI is InChI=1S/C17H14ClN3OS2/c1-10-15-16(11-6-7-23-8-11)24-9-14(22)19-17(15)21(20-10)13-5-3-2-4-12(13)18/h2-8,16H,9H2,1H3,(H,19,22). The first kappa shape index (κ1) is 15.7. The van der Waals surface area contributed by atoms with Gasteiger partial charge in [-0.25, -0.2) is 4.68 Å². The second-order valence-electron chi connectivity index (χ2n) is 5.51. The number of aryl methyl sites for hydroxylation is 1. The van der Waals surface area contributed by atoms with Gasteiger partial charge in [0.15, 0.2) is 0 Å². The number of hydrogen-bond donors (Lipinski definition) is 1. The maximum Gasteiger partial charge on any atom is 0.235 e. The van der Waals surface area contributed by atoms with E-state index in [4.69, 9.17) is 11.6 Å². The van der Waals surface area contributed by atoms with E-state index in [9.17, 15) is 4.79 Å². The Morgan fingerprint density at radius 2 is 2.17 bits per heavy atom. The summed E-state index contributed by atoms with van der Waals surface area (Å²) in [6.45, 7) is 1.98. The van der Waals surface area contributed by atoms with Crippen LogP contribution in [0.5, 0.6) is 0 Å². The molecular formula is C17H14ClN3OS2. The summed E-state index contributed by atoms with van der Waals surface area (Å²) < 4.78 is 1.75. The molecule has 1 amide bonds. The zero-order valence-corrected chi connectivity index (χ0v) is 15.2. The van der Waals surface area contributed by atoms with E-state index in [1.54, 1.807) is 27.8 Å². The number of hydrogen-bond acceptors (Lipinski definition) is 4. The highest BCUT2D eigenvalue weighted by molar-refractivity contribution is 8.00. The van der Waals surface area contributed by atoms with Crippen LogP contribution in [-0.2, 0) is 4.79 Å². The minimum atomic E-state index is -0.0211. The zero-order chi connectivity index (χ0) is 16.7. The Balaban J connectivity index is 1.93. The fourth-order valence-electron chi connectivity index (χ4n) is 2.87. The van der Waals surface area contributed by atoms with Crippen LogP contribution in [-0.4, -0.2) is 21.4 Å². The molecule has 0 saturated heterocycles. The highest BCUT2D eigenvalue weighted by Gasteiger charge is 2.31. The number of para-hydroxylation sites is 1. The van der Waals surface area contributed by atoms with Crippen LogP contribution in [0.25, 0.3) is 5.69 Å². The van der Waals surface area contributed by atoms with Crippen molar-refractivity contribution in [1.82, 2.24) is 9.78 Å². The monoisotopic (exact) mass is 375 g/mol. The topological polar surface area (TPSA) is 46.9 Å². The fraction of sp³-hybridized carbons (Fsp3) is 0.176. The first-order chi connectivity index (χ1) is 11.6. The van der Waals surface area contributed by atoms with Crippen molar-refractivity contribution >= 4 is 46.4 Å². The Labute approximate surface area is 152 Å². The fourth-order valence-corrected chi connectivity index (χ4v) is 5.03. The number of rotatable bonds is 2. The lowest BCUT2D eigenvalue weighted by Gasteiger charge is -2.13. The van der Waals surface area contributed by atoms with Crippen molar-refractivity contribution in [3.05, 3.63) is 62.9 Å². The van der Waals surface area contributed by atoms with Gasteiger partial charge in [0.05, 0.1) is 27.4 Å². The van der Waals surface area contributed by atoms with Crippen molar-refractivity contribution in [2.45, 2.75) is 12.2 Å². The third-order valence-corrected chi connectivity index (χ3v) is 6.23. The van der Waals surface area contributed by atoms with Gasteiger partial charge >= 0.3 is 0 Å². The van der Waals surface area contributed by atoms with E-state index in [1.165, 1.54) is 5.56 Å². The van der Waals surface area contributed by atoms with Gasteiger partial charge in [0.25, 0.3) is 0 Å². The maximum absolute atomic E-state index is 12.2. The molecule has 1 aliphatic heterocycles. The van der Waals surface area contributed by atoms with Crippen molar-refractivity contribution in [1.29, 1.82) is 0 Å². The molecule has 1 unspecified atom stereocenters. The number of amides is 1. The quantitative estimate of drug-likeness (QED) is 0.708. The third-order valence-electron chi connectivity index (χ3n) is 3.93. The number of aromatic nitrogens is 2. The highest BCUT2D eigenvalue weighted by atomic mass is 35.5. The molecule has 1 atom stereocenters. The first-order valence-corrected chi connectivity index (χ1v) is 9.80. The van der Waals surface area contributed by atoms with Crippen LogP contribution >= 0.6 is 34.7 Å². The molecule has 122 valence electrons. The summed E-state index contributed by atoms with van der Waals surface area (Å²) in [7, 11) is 0. The normalized spacial score (nSPS) is 17.2. The number of nitrogens with zero attached hydrogens (tertiary/aromatic N) is 2. The van der Waals surface area contributed by atoms with Crippen LogP contribution in [0.2, 0.25) is 5.02 Å². The number of thioether (sulfide) groups is 1. The number of fused-ring (bicyclic) bond motifs is 1. The smallest absolute Gasteiger partial charge is 0.235 e. The maximum atomic E-state index is 12.2. The van der Waals surface area contributed by atoms with Crippen molar-refractivity contribution in [2.24, 2.45) is 0 Å². The SMILES string of the molecule is Cc1nn(-c2ccccc2Cl)c2c1C(c1ccsc1)SCC(=O)N2. The summed E-state index contributed by atoms with van der Waals surface area (Å²) in [5.74, 6) is 1.11. The average Bonchev–Trinajstić information content (AvgIpc) is 3.15. The van der Waals surface area contributed by atoms with Gasteiger partial charge in [-0.3, -0.25) is 4.79 Å². The molecule has 1 N–H and O–H groups in total. The van der Waals surface area contributed by atoms with Gasteiger partial charge in [-0.1, -0.05) is 23.7 Å².